The number of carbonyl (C=O) groups is 1. The quantitative estimate of drug-likeness (QED) is 0.492. The van der Waals surface area contributed by atoms with Gasteiger partial charge in [0.15, 0.2) is 0 Å². The molecular formula is C19H22ClN3O5S. The van der Waals surface area contributed by atoms with Crippen molar-refractivity contribution in [2.75, 3.05) is 22.4 Å². The van der Waals surface area contributed by atoms with E-state index in [1.54, 1.807) is 12.1 Å². The van der Waals surface area contributed by atoms with E-state index in [1.165, 1.54) is 22.5 Å². The Kier molecular flexibility index (Phi) is 7.21. The molecule has 0 atom stereocenters. The average Bonchev–Trinajstić information content (AvgIpc) is 2.62. The number of nitrogens with one attached hydrogen (secondary N) is 1. The summed E-state index contributed by atoms with van der Waals surface area (Å²) >= 11 is 5.98. The highest BCUT2D eigenvalue weighted by Crippen LogP contribution is 2.27. The zero-order valence-corrected chi connectivity index (χ0v) is 17.9. The van der Waals surface area contributed by atoms with Gasteiger partial charge in [-0.1, -0.05) is 23.7 Å². The van der Waals surface area contributed by atoms with E-state index in [2.05, 4.69) is 5.32 Å². The molecule has 0 spiro atoms. The van der Waals surface area contributed by atoms with Gasteiger partial charge in [-0.05, 0) is 43.5 Å². The van der Waals surface area contributed by atoms with Crippen LogP contribution in [0.3, 0.4) is 0 Å². The van der Waals surface area contributed by atoms with Crippen LogP contribution in [0.4, 0.5) is 17.1 Å². The number of hydrogen-bond donors (Lipinski definition) is 1. The molecule has 0 aromatic heterocycles. The van der Waals surface area contributed by atoms with Crippen molar-refractivity contribution < 1.29 is 18.1 Å². The Balaban J connectivity index is 2.07. The summed E-state index contributed by atoms with van der Waals surface area (Å²) in [6, 6.07) is 9.17. The van der Waals surface area contributed by atoms with E-state index in [-0.39, 0.29) is 35.8 Å². The lowest BCUT2D eigenvalue weighted by Crippen LogP contribution is -2.32. The Hall–Kier alpha value is -2.65. The van der Waals surface area contributed by atoms with E-state index >= 15 is 0 Å². The minimum Gasteiger partial charge on any atom is -0.325 e. The van der Waals surface area contributed by atoms with Crippen molar-refractivity contribution in [3.05, 3.63) is 62.7 Å². The lowest BCUT2D eigenvalue weighted by atomic mass is 10.1. The predicted octanol–water partition coefficient (Wildman–Crippen LogP) is 4.05. The van der Waals surface area contributed by atoms with Gasteiger partial charge >= 0.3 is 0 Å². The summed E-state index contributed by atoms with van der Waals surface area (Å²) in [7, 11) is -3.53. The van der Waals surface area contributed by atoms with Gasteiger partial charge in [0.1, 0.15) is 0 Å². The van der Waals surface area contributed by atoms with Crippen molar-refractivity contribution in [2.24, 2.45) is 0 Å². The highest BCUT2D eigenvalue weighted by Gasteiger charge is 2.20. The Morgan fingerprint density at radius 2 is 1.93 bits per heavy atom. The number of non-ortho nitro benzene ring substituents is 1. The Labute approximate surface area is 174 Å². The molecule has 0 fully saturated rings. The maximum atomic E-state index is 12.3. The number of sulfonamides is 1. The van der Waals surface area contributed by atoms with Crippen molar-refractivity contribution in [1.82, 2.24) is 0 Å². The molecule has 2 rings (SSSR count). The lowest BCUT2D eigenvalue weighted by Gasteiger charge is -2.24. The van der Waals surface area contributed by atoms with E-state index in [0.29, 0.717) is 5.69 Å². The normalized spacial score (nSPS) is 11.2. The molecule has 156 valence electrons. The molecule has 2 aromatic rings. The molecule has 8 nitrogen and oxygen atoms in total. The second-order valence-electron chi connectivity index (χ2n) is 6.63. The van der Waals surface area contributed by atoms with Gasteiger partial charge in [0, 0.05) is 25.1 Å². The van der Waals surface area contributed by atoms with Gasteiger partial charge in [-0.2, -0.15) is 0 Å². The zero-order chi connectivity index (χ0) is 21.8. The van der Waals surface area contributed by atoms with Gasteiger partial charge in [-0.3, -0.25) is 19.2 Å². The maximum Gasteiger partial charge on any atom is 0.271 e. The molecule has 0 aliphatic heterocycles. The number of carbonyl (C=O) groups excluding carboxylic acids is 1. The third kappa shape index (κ3) is 5.91. The number of rotatable bonds is 8. The van der Waals surface area contributed by atoms with Crippen LogP contribution in [0.15, 0.2) is 36.4 Å². The fourth-order valence-electron chi connectivity index (χ4n) is 2.79. The van der Waals surface area contributed by atoms with Crippen LogP contribution < -0.4 is 9.62 Å². The van der Waals surface area contributed by atoms with Gasteiger partial charge in [0.25, 0.3) is 5.69 Å². The van der Waals surface area contributed by atoms with Crippen LogP contribution in [-0.2, 0) is 14.8 Å². The van der Waals surface area contributed by atoms with Crippen LogP contribution in [0.2, 0.25) is 5.02 Å². The van der Waals surface area contributed by atoms with Gasteiger partial charge in [-0.25, -0.2) is 8.42 Å². The smallest absolute Gasteiger partial charge is 0.271 e. The van der Waals surface area contributed by atoms with E-state index in [1.807, 2.05) is 19.9 Å². The zero-order valence-electron chi connectivity index (χ0n) is 16.3. The summed E-state index contributed by atoms with van der Waals surface area (Å²) in [4.78, 5) is 22.5. The van der Waals surface area contributed by atoms with Crippen LogP contribution in [-0.4, -0.2) is 32.0 Å². The molecule has 0 heterocycles. The van der Waals surface area contributed by atoms with Gasteiger partial charge in [0.2, 0.25) is 15.9 Å². The Morgan fingerprint density at radius 1 is 1.24 bits per heavy atom. The molecule has 0 saturated carbocycles. The summed E-state index contributed by atoms with van der Waals surface area (Å²) < 4.78 is 25.8. The highest BCUT2D eigenvalue weighted by molar-refractivity contribution is 7.92. The average molecular weight is 440 g/mol. The molecule has 0 bridgehead atoms. The molecule has 1 amide bonds. The molecule has 0 aliphatic rings. The van der Waals surface area contributed by atoms with Gasteiger partial charge in [0.05, 0.1) is 27.6 Å². The Bertz CT molecular complexity index is 1040. The van der Waals surface area contributed by atoms with E-state index in [9.17, 15) is 23.3 Å². The summed E-state index contributed by atoms with van der Waals surface area (Å²) in [5.41, 5.74) is 2.35. The SMILES string of the molecule is Cc1cccc(N(CCCC(=O)Nc2cc([N+](=O)[O-])ccc2Cl)S(C)(=O)=O)c1C. The third-order valence-corrected chi connectivity index (χ3v) is 5.95. The van der Waals surface area contributed by atoms with Crippen LogP contribution in [0.5, 0.6) is 0 Å². The molecule has 10 heteroatoms. The first kappa shape index (κ1) is 22.6. The number of nitro groups is 1. The van der Waals surface area contributed by atoms with Crippen LogP contribution in [0.1, 0.15) is 24.0 Å². The topological polar surface area (TPSA) is 110 Å². The number of aryl methyl sites for hydroxylation is 1. The molecular weight excluding hydrogens is 418 g/mol. The fourth-order valence-corrected chi connectivity index (χ4v) is 3.97. The van der Waals surface area contributed by atoms with Crippen molar-refractivity contribution in [2.45, 2.75) is 26.7 Å². The van der Waals surface area contributed by atoms with E-state index in [4.69, 9.17) is 11.6 Å². The van der Waals surface area contributed by atoms with Crippen molar-refractivity contribution in [3.63, 3.8) is 0 Å². The second-order valence-corrected chi connectivity index (χ2v) is 8.94. The maximum absolute atomic E-state index is 12.3. The standard InChI is InChI=1S/C19H22ClN3O5S/c1-13-6-4-7-18(14(13)2)22(29(3,27)28)11-5-8-19(24)21-17-12-15(23(25)26)9-10-16(17)20/h4,6-7,9-10,12H,5,8,11H2,1-3H3,(H,21,24). The monoisotopic (exact) mass is 439 g/mol. The summed E-state index contributed by atoms with van der Waals surface area (Å²) in [6.45, 7) is 3.87. The molecule has 0 aliphatic carbocycles. The number of anilines is 2. The number of nitrogens with zero attached hydrogens (tertiary/aromatic N) is 2. The Morgan fingerprint density at radius 3 is 2.55 bits per heavy atom. The second kappa shape index (κ2) is 9.23. The van der Waals surface area contributed by atoms with E-state index < -0.39 is 20.9 Å². The fraction of sp³-hybridized carbons (Fsp3) is 0.316. The van der Waals surface area contributed by atoms with Crippen LogP contribution >= 0.6 is 11.6 Å². The number of benzene rings is 2. The van der Waals surface area contributed by atoms with Crippen molar-refractivity contribution in [3.8, 4) is 0 Å². The van der Waals surface area contributed by atoms with Gasteiger partial charge < -0.3 is 5.32 Å². The number of amides is 1. The van der Waals surface area contributed by atoms with E-state index in [0.717, 1.165) is 17.4 Å². The first-order chi connectivity index (χ1) is 13.5. The van der Waals surface area contributed by atoms with Crippen molar-refractivity contribution >= 4 is 44.6 Å². The molecule has 0 saturated heterocycles. The number of nitro benzene ring substituents is 1. The minimum atomic E-state index is -3.53. The first-order valence-corrected chi connectivity index (χ1v) is 11.0. The number of halogens is 1. The minimum absolute atomic E-state index is 0.0237. The summed E-state index contributed by atoms with van der Waals surface area (Å²) in [5.74, 6) is -0.415. The largest absolute Gasteiger partial charge is 0.325 e. The summed E-state index contributed by atoms with van der Waals surface area (Å²) in [6.07, 6.45) is 1.41. The van der Waals surface area contributed by atoms with Crippen LogP contribution in [0, 0.1) is 24.0 Å². The third-order valence-electron chi connectivity index (χ3n) is 4.44. The predicted molar refractivity (Wildman–Crippen MR) is 114 cm³/mol. The highest BCUT2D eigenvalue weighted by atomic mass is 35.5. The van der Waals surface area contributed by atoms with Crippen LogP contribution in [0.25, 0.3) is 0 Å². The molecule has 0 unspecified atom stereocenters. The lowest BCUT2D eigenvalue weighted by molar-refractivity contribution is -0.384. The molecule has 0 radical (unpaired) electrons. The van der Waals surface area contributed by atoms with Gasteiger partial charge in [-0.15, -0.1) is 0 Å². The van der Waals surface area contributed by atoms with Crippen molar-refractivity contribution in [1.29, 1.82) is 0 Å². The molecule has 29 heavy (non-hydrogen) atoms. The molecule has 1 N–H and O–H groups in total. The molecule has 2 aromatic carbocycles. The first-order valence-electron chi connectivity index (χ1n) is 8.78. The number of hydrogen-bond acceptors (Lipinski definition) is 5. The summed E-state index contributed by atoms with van der Waals surface area (Å²) in [5, 5.41) is 13.6.